The molecule has 0 aliphatic carbocycles. The van der Waals surface area contributed by atoms with Crippen molar-refractivity contribution in [2.24, 2.45) is 0 Å². The lowest BCUT2D eigenvalue weighted by Crippen LogP contribution is -2.02. The van der Waals surface area contributed by atoms with Gasteiger partial charge in [0.15, 0.2) is 0 Å². The van der Waals surface area contributed by atoms with Crippen molar-refractivity contribution in [3.8, 4) is 23.3 Å². The van der Waals surface area contributed by atoms with Crippen LogP contribution in [0.25, 0.3) is 0 Å². The molecule has 0 aliphatic heterocycles. The number of aromatic nitrogens is 1. The molecule has 20 heavy (non-hydrogen) atoms. The highest BCUT2D eigenvalue weighted by Crippen LogP contribution is 2.36. The number of rotatable bonds is 4. The Kier molecular flexibility index (Phi) is 4.39. The molecule has 0 saturated heterocycles. The highest BCUT2D eigenvalue weighted by atomic mass is 79.9. The highest BCUT2D eigenvalue weighted by Gasteiger charge is 2.23. The SMILES string of the molecule is COc1nc(OC)c(F)c(Oc2ccc(Br)cc2)c1F. The summed E-state index contributed by atoms with van der Waals surface area (Å²) < 4.78 is 43.5. The zero-order chi connectivity index (χ0) is 14.7. The zero-order valence-corrected chi connectivity index (χ0v) is 12.2. The smallest absolute Gasteiger partial charge is 0.257 e. The van der Waals surface area contributed by atoms with Gasteiger partial charge >= 0.3 is 0 Å². The fraction of sp³-hybridized carbons (Fsp3) is 0.154. The number of ether oxygens (including phenoxy) is 3. The quantitative estimate of drug-likeness (QED) is 0.841. The molecule has 2 aromatic rings. The second-order valence-electron chi connectivity index (χ2n) is 3.64. The Morgan fingerprint density at radius 1 is 0.950 bits per heavy atom. The molecule has 0 aliphatic rings. The molecule has 2 rings (SSSR count). The lowest BCUT2D eigenvalue weighted by molar-refractivity contribution is 0.306. The van der Waals surface area contributed by atoms with Crippen molar-refractivity contribution in [3.63, 3.8) is 0 Å². The molecular weight excluding hydrogens is 336 g/mol. The lowest BCUT2D eigenvalue weighted by Gasteiger charge is -2.12. The van der Waals surface area contributed by atoms with E-state index in [9.17, 15) is 8.78 Å². The van der Waals surface area contributed by atoms with E-state index in [0.717, 1.165) is 4.47 Å². The van der Waals surface area contributed by atoms with Gasteiger partial charge in [-0.05, 0) is 24.3 Å². The van der Waals surface area contributed by atoms with Crippen LogP contribution in [-0.4, -0.2) is 19.2 Å². The molecule has 0 bridgehead atoms. The van der Waals surface area contributed by atoms with Gasteiger partial charge in [-0.1, -0.05) is 15.9 Å². The van der Waals surface area contributed by atoms with Crippen molar-refractivity contribution in [2.45, 2.75) is 0 Å². The number of halogens is 3. The van der Waals surface area contributed by atoms with Crippen LogP contribution in [0, 0.1) is 11.6 Å². The van der Waals surface area contributed by atoms with Gasteiger partial charge in [0.1, 0.15) is 5.75 Å². The van der Waals surface area contributed by atoms with Gasteiger partial charge in [0.25, 0.3) is 11.8 Å². The largest absolute Gasteiger partial charge is 0.479 e. The number of nitrogens with zero attached hydrogens (tertiary/aromatic N) is 1. The van der Waals surface area contributed by atoms with Gasteiger partial charge in [0.2, 0.25) is 17.4 Å². The first-order valence-electron chi connectivity index (χ1n) is 5.47. The first-order chi connectivity index (χ1) is 9.56. The molecule has 0 atom stereocenters. The fourth-order valence-corrected chi connectivity index (χ4v) is 1.73. The number of pyridine rings is 1. The summed E-state index contributed by atoms with van der Waals surface area (Å²) in [4.78, 5) is 3.54. The summed E-state index contributed by atoms with van der Waals surface area (Å²) in [5.41, 5.74) is 0. The van der Waals surface area contributed by atoms with Gasteiger partial charge in [-0.25, -0.2) is 0 Å². The highest BCUT2D eigenvalue weighted by molar-refractivity contribution is 9.10. The summed E-state index contributed by atoms with van der Waals surface area (Å²) in [5, 5.41) is 0. The maximum atomic E-state index is 14.0. The van der Waals surface area contributed by atoms with Gasteiger partial charge in [0.05, 0.1) is 14.2 Å². The molecule has 106 valence electrons. The molecular formula is C13H10BrF2NO3. The van der Waals surface area contributed by atoms with Crippen molar-refractivity contribution in [3.05, 3.63) is 40.4 Å². The van der Waals surface area contributed by atoms with Crippen LogP contribution in [0.3, 0.4) is 0 Å². The minimum Gasteiger partial charge on any atom is -0.479 e. The van der Waals surface area contributed by atoms with Gasteiger partial charge in [-0.3, -0.25) is 0 Å². The predicted molar refractivity (Wildman–Crippen MR) is 71.5 cm³/mol. The van der Waals surface area contributed by atoms with Crippen LogP contribution in [0.4, 0.5) is 8.78 Å². The number of benzene rings is 1. The van der Waals surface area contributed by atoms with E-state index in [1.807, 2.05) is 0 Å². The Morgan fingerprint density at radius 2 is 1.45 bits per heavy atom. The van der Waals surface area contributed by atoms with Gasteiger partial charge in [-0.2, -0.15) is 13.8 Å². The van der Waals surface area contributed by atoms with Crippen LogP contribution < -0.4 is 14.2 Å². The third-order valence-corrected chi connectivity index (χ3v) is 2.93. The second-order valence-corrected chi connectivity index (χ2v) is 4.56. The number of methoxy groups -OCH3 is 2. The third-order valence-electron chi connectivity index (χ3n) is 2.40. The van der Waals surface area contributed by atoms with E-state index in [1.54, 1.807) is 24.3 Å². The monoisotopic (exact) mass is 345 g/mol. The number of hydrogen-bond acceptors (Lipinski definition) is 4. The Labute approximate surface area is 122 Å². The first-order valence-corrected chi connectivity index (χ1v) is 6.26. The molecule has 0 amide bonds. The Hall–Kier alpha value is -1.89. The second kappa shape index (κ2) is 6.04. The van der Waals surface area contributed by atoms with Crippen molar-refractivity contribution in [1.82, 2.24) is 4.98 Å². The van der Waals surface area contributed by atoms with Crippen LogP contribution in [0.2, 0.25) is 0 Å². The van der Waals surface area contributed by atoms with E-state index < -0.39 is 29.1 Å². The van der Waals surface area contributed by atoms with Crippen molar-refractivity contribution in [2.75, 3.05) is 14.2 Å². The molecule has 1 aromatic heterocycles. The summed E-state index contributed by atoms with van der Waals surface area (Å²) in [6.45, 7) is 0. The standard InChI is InChI=1S/C13H10BrF2NO3/c1-18-12-9(15)11(10(16)13(17-12)19-2)20-8-5-3-7(14)4-6-8/h3-6H,1-2H3. The molecule has 0 spiro atoms. The lowest BCUT2D eigenvalue weighted by atomic mass is 10.3. The van der Waals surface area contributed by atoms with Gasteiger partial charge < -0.3 is 14.2 Å². The Bertz CT molecular complexity index is 592. The predicted octanol–water partition coefficient (Wildman–Crippen LogP) is 3.93. The molecule has 0 N–H and O–H groups in total. The average Bonchev–Trinajstić information content (AvgIpc) is 2.46. The molecule has 0 unspecified atom stereocenters. The van der Waals surface area contributed by atoms with E-state index in [-0.39, 0.29) is 5.75 Å². The molecule has 1 aromatic carbocycles. The summed E-state index contributed by atoms with van der Waals surface area (Å²) in [6.07, 6.45) is 0. The molecule has 0 fully saturated rings. The maximum Gasteiger partial charge on any atom is 0.257 e. The van der Waals surface area contributed by atoms with Crippen LogP contribution in [0.5, 0.6) is 23.3 Å². The van der Waals surface area contributed by atoms with Crippen molar-refractivity contribution < 1.29 is 23.0 Å². The summed E-state index contributed by atoms with van der Waals surface area (Å²) in [6, 6.07) is 6.48. The van der Waals surface area contributed by atoms with Crippen LogP contribution in [-0.2, 0) is 0 Å². The van der Waals surface area contributed by atoms with Gasteiger partial charge in [-0.15, -0.1) is 0 Å². The first kappa shape index (κ1) is 14.5. The average molecular weight is 346 g/mol. The van der Waals surface area contributed by atoms with E-state index in [4.69, 9.17) is 14.2 Å². The van der Waals surface area contributed by atoms with Crippen LogP contribution in [0.1, 0.15) is 0 Å². The third kappa shape index (κ3) is 2.82. The fourth-order valence-electron chi connectivity index (χ4n) is 1.46. The molecule has 4 nitrogen and oxygen atoms in total. The van der Waals surface area contributed by atoms with E-state index >= 15 is 0 Å². The van der Waals surface area contributed by atoms with Crippen LogP contribution >= 0.6 is 15.9 Å². The minimum atomic E-state index is -1.03. The molecule has 0 saturated carbocycles. The zero-order valence-electron chi connectivity index (χ0n) is 10.6. The van der Waals surface area contributed by atoms with Crippen molar-refractivity contribution in [1.29, 1.82) is 0 Å². The van der Waals surface area contributed by atoms with E-state index in [1.165, 1.54) is 14.2 Å². The van der Waals surface area contributed by atoms with E-state index in [2.05, 4.69) is 20.9 Å². The summed E-state index contributed by atoms with van der Waals surface area (Å²) in [5.74, 6) is -3.24. The van der Waals surface area contributed by atoms with E-state index in [0.29, 0.717) is 0 Å². The molecule has 0 radical (unpaired) electrons. The van der Waals surface area contributed by atoms with Gasteiger partial charge in [0, 0.05) is 4.47 Å². The summed E-state index contributed by atoms with van der Waals surface area (Å²) >= 11 is 3.25. The normalized spacial score (nSPS) is 10.2. The maximum absolute atomic E-state index is 14.0. The minimum absolute atomic E-state index is 0.265. The molecule has 7 heteroatoms. The summed E-state index contributed by atoms with van der Waals surface area (Å²) in [7, 11) is 2.43. The Morgan fingerprint density at radius 3 is 1.90 bits per heavy atom. The number of hydrogen-bond donors (Lipinski definition) is 0. The topological polar surface area (TPSA) is 40.6 Å². The van der Waals surface area contributed by atoms with Crippen LogP contribution in [0.15, 0.2) is 28.7 Å². The van der Waals surface area contributed by atoms with Crippen molar-refractivity contribution >= 4 is 15.9 Å². The Balaban J connectivity index is 2.46. The molecule has 1 heterocycles.